The Morgan fingerprint density at radius 1 is 1.00 bits per heavy atom. The van der Waals surface area contributed by atoms with Gasteiger partial charge >= 0.3 is 11.9 Å². The van der Waals surface area contributed by atoms with Crippen LogP contribution in [0.2, 0.25) is 0 Å². The van der Waals surface area contributed by atoms with Crippen LogP contribution in [0.5, 0.6) is 0 Å². The van der Waals surface area contributed by atoms with Crippen molar-refractivity contribution in [3.05, 3.63) is 35.9 Å². The molecule has 0 aromatic heterocycles. The van der Waals surface area contributed by atoms with Crippen LogP contribution >= 0.6 is 0 Å². The third kappa shape index (κ3) is 5.42. The largest absolute Gasteiger partial charge is 0.469 e. The summed E-state index contributed by atoms with van der Waals surface area (Å²) in [6.07, 6.45) is 11.0. The third-order valence-corrected chi connectivity index (χ3v) is 12.1. The zero-order chi connectivity index (χ0) is 27.8. The number of carbonyl (C=O) groups excluding carboxylic acids is 2. The molecule has 216 valence electrons. The maximum absolute atomic E-state index is 12.0. The van der Waals surface area contributed by atoms with Crippen molar-refractivity contribution in [2.45, 2.75) is 111 Å². The second-order valence-corrected chi connectivity index (χ2v) is 13.8. The van der Waals surface area contributed by atoms with Gasteiger partial charge in [-0.3, -0.25) is 9.59 Å². The molecular weight excluding hydrogens is 488 g/mol. The molecule has 5 nitrogen and oxygen atoms in total. The van der Waals surface area contributed by atoms with E-state index in [4.69, 9.17) is 14.2 Å². The van der Waals surface area contributed by atoms with Crippen molar-refractivity contribution in [2.75, 3.05) is 7.11 Å². The summed E-state index contributed by atoms with van der Waals surface area (Å²) >= 11 is 0. The molecule has 0 saturated heterocycles. The van der Waals surface area contributed by atoms with E-state index in [-0.39, 0.29) is 35.0 Å². The Hall–Kier alpha value is -1.88. The molecule has 0 aliphatic heterocycles. The molecule has 0 radical (unpaired) electrons. The minimum atomic E-state index is -0.140. The molecule has 4 fully saturated rings. The summed E-state index contributed by atoms with van der Waals surface area (Å²) in [5.41, 5.74) is 1.63. The molecule has 10 atom stereocenters. The number of methoxy groups -OCH3 is 1. The standard InChI is InChI=1S/C34H50O5/c1-22(11-16-32(36)37-5)28-14-15-29-27-13-12-25-19-26(39-23(2)35)17-18-33(25,3)30(27)20-31(34(28,29)4)38-21-24-9-7-6-8-10-24/h6-10,22,25-31H,11-21H2,1-5H3/t22-,25?,26?,27+,28-,29+,30+,31?,33+,34-/m1/s1. The Morgan fingerprint density at radius 3 is 2.49 bits per heavy atom. The first-order chi connectivity index (χ1) is 18.7. The summed E-state index contributed by atoms with van der Waals surface area (Å²) in [7, 11) is 1.49. The molecule has 4 saturated carbocycles. The predicted octanol–water partition coefficient (Wildman–Crippen LogP) is 7.36. The highest BCUT2D eigenvalue weighted by atomic mass is 16.5. The number of hydrogen-bond donors (Lipinski definition) is 0. The van der Waals surface area contributed by atoms with Gasteiger partial charge in [0.15, 0.2) is 0 Å². The summed E-state index contributed by atoms with van der Waals surface area (Å²) in [4.78, 5) is 23.7. The van der Waals surface area contributed by atoms with Crippen molar-refractivity contribution in [1.82, 2.24) is 0 Å². The SMILES string of the molecule is COC(=O)CC[C@@H](C)[C@H]1CC[C@H]2[C@@H]3CCC4CC(OC(C)=O)CC[C@]4(C)[C@H]3CC(OCc3ccccc3)[C@]12C. The summed E-state index contributed by atoms with van der Waals surface area (Å²) in [5.74, 6) is 3.44. The number of benzene rings is 1. The van der Waals surface area contributed by atoms with Crippen LogP contribution in [0, 0.1) is 46.3 Å². The van der Waals surface area contributed by atoms with E-state index in [1.165, 1.54) is 38.4 Å². The van der Waals surface area contributed by atoms with Crippen LogP contribution in [-0.4, -0.2) is 31.3 Å². The van der Waals surface area contributed by atoms with Gasteiger partial charge in [0.05, 0.1) is 19.8 Å². The van der Waals surface area contributed by atoms with E-state index < -0.39 is 0 Å². The van der Waals surface area contributed by atoms with Gasteiger partial charge < -0.3 is 14.2 Å². The van der Waals surface area contributed by atoms with Crippen LogP contribution < -0.4 is 0 Å². The first kappa shape index (κ1) is 28.6. The summed E-state index contributed by atoms with van der Waals surface area (Å²) < 4.78 is 17.7. The number of ether oxygens (including phenoxy) is 3. The molecule has 4 aliphatic rings. The minimum Gasteiger partial charge on any atom is -0.469 e. The van der Waals surface area contributed by atoms with Crippen LogP contribution in [0.15, 0.2) is 30.3 Å². The van der Waals surface area contributed by atoms with E-state index in [9.17, 15) is 9.59 Å². The smallest absolute Gasteiger partial charge is 0.305 e. The third-order valence-electron chi connectivity index (χ3n) is 12.1. The Bertz CT molecular complexity index is 1010. The fourth-order valence-corrected chi connectivity index (χ4v) is 10.1. The first-order valence-electron chi connectivity index (χ1n) is 15.6. The van der Waals surface area contributed by atoms with E-state index in [2.05, 4.69) is 51.1 Å². The second-order valence-electron chi connectivity index (χ2n) is 13.8. The van der Waals surface area contributed by atoms with E-state index in [1.807, 2.05) is 0 Å². The van der Waals surface area contributed by atoms with Crippen molar-refractivity contribution in [3.8, 4) is 0 Å². The molecular formula is C34H50O5. The lowest BCUT2D eigenvalue weighted by molar-refractivity contribution is -0.196. The Balaban J connectivity index is 1.40. The highest BCUT2D eigenvalue weighted by Crippen LogP contribution is 2.69. The number of fused-ring (bicyclic) bond motifs is 5. The van der Waals surface area contributed by atoms with Gasteiger partial charge in [0, 0.05) is 13.3 Å². The highest BCUT2D eigenvalue weighted by Gasteiger charge is 2.64. The number of rotatable bonds is 8. The fourth-order valence-electron chi connectivity index (χ4n) is 10.1. The minimum absolute atomic E-state index is 0.0858. The van der Waals surface area contributed by atoms with Crippen LogP contribution in [0.1, 0.15) is 97.5 Å². The molecule has 0 bridgehead atoms. The molecule has 1 aromatic rings. The zero-order valence-corrected chi connectivity index (χ0v) is 24.8. The molecule has 39 heavy (non-hydrogen) atoms. The quantitative estimate of drug-likeness (QED) is 0.324. The molecule has 0 N–H and O–H groups in total. The van der Waals surface area contributed by atoms with Crippen LogP contribution in [0.3, 0.4) is 0 Å². The average Bonchev–Trinajstić information content (AvgIpc) is 3.29. The lowest BCUT2D eigenvalue weighted by Crippen LogP contribution is -2.59. The summed E-state index contributed by atoms with van der Waals surface area (Å²) in [6.45, 7) is 9.66. The predicted molar refractivity (Wildman–Crippen MR) is 152 cm³/mol. The van der Waals surface area contributed by atoms with Gasteiger partial charge in [-0.15, -0.1) is 0 Å². The zero-order valence-electron chi connectivity index (χ0n) is 24.8. The first-order valence-corrected chi connectivity index (χ1v) is 15.6. The molecule has 4 aliphatic carbocycles. The van der Waals surface area contributed by atoms with Gasteiger partial charge in [-0.05, 0) is 110 Å². The average molecular weight is 539 g/mol. The van der Waals surface area contributed by atoms with Crippen LogP contribution in [-0.2, 0) is 30.4 Å². The van der Waals surface area contributed by atoms with Crippen LogP contribution in [0.4, 0.5) is 0 Å². The van der Waals surface area contributed by atoms with Gasteiger partial charge in [-0.1, -0.05) is 51.1 Å². The Morgan fingerprint density at radius 2 is 1.77 bits per heavy atom. The lowest BCUT2D eigenvalue weighted by atomic mass is 9.43. The topological polar surface area (TPSA) is 61.8 Å². The fraction of sp³-hybridized carbons (Fsp3) is 0.765. The molecule has 0 spiro atoms. The van der Waals surface area contributed by atoms with Crippen molar-refractivity contribution in [1.29, 1.82) is 0 Å². The maximum Gasteiger partial charge on any atom is 0.305 e. The van der Waals surface area contributed by atoms with E-state index in [0.29, 0.717) is 42.6 Å². The van der Waals surface area contributed by atoms with Crippen molar-refractivity contribution < 1.29 is 23.8 Å². The number of carbonyl (C=O) groups is 2. The summed E-state index contributed by atoms with van der Waals surface area (Å²) in [6, 6.07) is 10.6. The van der Waals surface area contributed by atoms with E-state index in [0.717, 1.165) is 38.0 Å². The molecule has 0 amide bonds. The van der Waals surface area contributed by atoms with E-state index in [1.54, 1.807) is 6.92 Å². The van der Waals surface area contributed by atoms with Crippen molar-refractivity contribution >= 4 is 11.9 Å². The number of hydrogen-bond acceptors (Lipinski definition) is 5. The Kier molecular flexibility index (Phi) is 8.48. The molecule has 0 heterocycles. The summed E-state index contributed by atoms with van der Waals surface area (Å²) in [5, 5.41) is 0. The van der Waals surface area contributed by atoms with Gasteiger partial charge in [-0.2, -0.15) is 0 Å². The van der Waals surface area contributed by atoms with Crippen molar-refractivity contribution in [2.24, 2.45) is 46.3 Å². The van der Waals surface area contributed by atoms with Gasteiger partial charge in [0.25, 0.3) is 0 Å². The lowest BCUT2D eigenvalue weighted by Gasteiger charge is -2.63. The molecule has 3 unspecified atom stereocenters. The van der Waals surface area contributed by atoms with Gasteiger partial charge in [0.2, 0.25) is 0 Å². The second kappa shape index (κ2) is 11.5. The van der Waals surface area contributed by atoms with Crippen molar-refractivity contribution in [3.63, 3.8) is 0 Å². The van der Waals surface area contributed by atoms with Gasteiger partial charge in [0.1, 0.15) is 6.10 Å². The maximum atomic E-state index is 12.0. The van der Waals surface area contributed by atoms with Gasteiger partial charge in [-0.25, -0.2) is 0 Å². The normalized spacial score (nSPS) is 40.1. The number of esters is 2. The molecule has 5 rings (SSSR count). The Labute approximate surface area is 235 Å². The molecule has 5 heteroatoms. The molecule has 1 aromatic carbocycles. The van der Waals surface area contributed by atoms with Crippen LogP contribution in [0.25, 0.3) is 0 Å². The highest BCUT2D eigenvalue weighted by molar-refractivity contribution is 5.69. The monoisotopic (exact) mass is 538 g/mol. The van der Waals surface area contributed by atoms with E-state index >= 15 is 0 Å².